The highest BCUT2D eigenvalue weighted by atomic mass is 32.2. The van der Waals surface area contributed by atoms with Crippen molar-refractivity contribution in [2.75, 3.05) is 12.4 Å². The lowest BCUT2D eigenvalue weighted by molar-refractivity contribution is 0.551. The fourth-order valence-electron chi connectivity index (χ4n) is 2.42. The Hall–Kier alpha value is -1.62. The summed E-state index contributed by atoms with van der Waals surface area (Å²) < 4.78 is 27.2. The lowest BCUT2D eigenvalue weighted by Crippen LogP contribution is -1.99. The average molecular weight is 292 g/mol. The van der Waals surface area contributed by atoms with Gasteiger partial charge >= 0.3 is 0 Å². The molecule has 0 unspecified atom stereocenters. The summed E-state index contributed by atoms with van der Waals surface area (Å²) in [6.07, 6.45) is 3.37. The minimum atomic E-state index is -0.677. The molecule has 104 valence electrons. The number of pyridine rings is 1. The molecule has 5 heteroatoms. The number of nitrogens with zero attached hydrogens (tertiary/aromatic N) is 1. The Morgan fingerprint density at radius 1 is 1.10 bits per heavy atom. The second-order valence-electron chi connectivity index (χ2n) is 4.74. The maximum Gasteiger partial charge on any atom is 0.168 e. The van der Waals surface area contributed by atoms with Gasteiger partial charge in [0.25, 0.3) is 0 Å². The van der Waals surface area contributed by atoms with E-state index in [1.807, 2.05) is 6.07 Å². The molecule has 0 saturated carbocycles. The second kappa shape index (κ2) is 5.40. The van der Waals surface area contributed by atoms with Crippen LogP contribution in [0, 0.1) is 11.6 Å². The summed E-state index contributed by atoms with van der Waals surface area (Å²) in [5.41, 5.74) is 2.70. The van der Waals surface area contributed by atoms with Crippen LogP contribution in [-0.4, -0.2) is 12.0 Å². The van der Waals surface area contributed by atoms with E-state index in [-0.39, 0.29) is 10.8 Å². The number of anilines is 1. The van der Waals surface area contributed by atoms with Crippen LogP contribution < -0.4 is 5.32 Å². The van der Waals surface area contributed by atoms with Gasteiger partial charge in [-0.3, -0.25) is 0 Å². The SMILES string of the molecule is CNc1nc(Sc2ccc3c(c2)CCC3)c(F)cc1F. The van der Waals surface area contributed by atoms with E-state index in [2.05, 4.69) is 22.4 Å². The predicted molar refractivity (Wildman–Crippen MR) is 76.3 cm³/mol. The number of rotatable bonds is 3. The Morgan fingerprint density at radius 2 is 1.90 bits per heavy atom. The van der Waals surface area contributed by atoms with Crippen molar-refractivity contribution in [2.24, 2.45) is 0 Å². The number of nitrogens with one attached hydrogen (secondary N) is 1. The molecule has 0 amide bonds. The molecule has 1 aliphatic rings. The third-order valence-electron chi connectivity index (χ3n) is 3.42. The van der Waals surface area contributed by atoms with E-state index in [0.717, 1.165) is 23.8 Å². The summed E-state index contributed by atoms with van der Waals surface area (Å²) in [7, 11) is 1.56. The third kappa shape index (κ3) is 2.50. The molecule has 1 aromatic carbocycles. The monoisotopic (exact) mass is 292 g/mol. The number of benzene rings is 1. The van der Waals surface area contributed by atoms with E-state index in [4.69, 9.17) is 0 Å². The molecule has 2 aromatic rings. The van der Waals surface area contributed by atoms with Gasteiger partial charge < -0.3 is 5.32 Å². The summed E-state index contributed by atoms with van der Waals surface area (Å²) in [6, 6.07) is 7.01. The summed E-state index contributed by atoms with van der Waals surface area (Å²) in [5, 5.41) is 2.81. The Balaban J connectivity index is 1.91. The van der Waals surface area contributed by atoms with Crippen molar-refractivity contribution < 1.29 is 8.78 Å². The van der Waals surface area contributed by atoms with Crippen molar-refractivity contribution in [1.29, 1.82) is 0 Å². The van der Waals surface area contributed by atoms with Crippen molar-refractivity contribution >= 4 is 17.6 Å². The van der Waals surface area contributed by atoms with Gasteiger partial charge in [-0.2, -0.15) is 0 Å². The smallest absolute Gasteiger partial charge is 0.168 e. The van der Waals surface area contributed by atoms with Gasteiger partial charge in [0.1, 0.15) is 5.03 Å². The lowest BCUT2D eigenvalue weighted by atomic mass is 10.1. The van der Waals surface area contributed by atoms with Gasteiger partial charge in [0.15, 0.2) is 17.5 Å². The first-order chi connectivity index (χ1) is 9.67. The summed E-state index contributed by atoms with van der Waals surface area (Å²) in [5.74, 6) is -1.25. The summed E-state index contributed by atoms with van der Waals surface area (Å²) in [4.78, 5) is 4.92. The molecular weight excluding hydrogens is 278 g/mol. The molecule has 0 bridgehead atoms. The maximum atomic E-state index is 13.8. The van der Waals surface area contributed by atoms with Crippen LogP contribution in [0.5, 0.6) is 0 Å². The first kappa shape index (κ1) is 13.4. The molecule has 1 aliphatic carbocycles. The molecule has 1 N–H and O–H groups in total. The molecule has 20 heavy (non-hydrogen) atoms. The molecule has 0 atom stereocenters. The zero-order valence-electron chi connectivity index (χ0n) is 11.0. The number of hydrogen-bond acceptors (Lipinski definition) is 3. The van der Waals surface area contributed by atoms with Gasteiger partial charge in [-0.15, -0.1) is 0 Å². The van der Waals surface area contributed by atoms with E-state index in [1.165, 1.54) is 29.3 Å². The highest BCUT2D eigenvalue weighted by Crippen LogP contribution is 2.33. The van der Waals surface area contributed by atoms with Gasteiger partial charge in [0.05, 0.1) is 0 Å². The van der Waals surface area contributed by atoms with E-state index < -0.39 is 11.6 Å². The molecule has 0 spiro atoms. The molecule has 0 saturated heterocycles. The molecule has 3 rings (SSSR count). The van der Waals surface area contributed by atoms with Gasteiger partial charge in [-0.1, -0.05) is 17.8 Å². The van der Waals surface area contributed by atoms with Crippen molar-refractivity contribution in [3.63, 3.8) is 0 Å². The molecule has 0 fully saturated rings. The van der Waals surface area contributed by atoms with Crippen LogP contribution in [0.1, 0.15) is 17.5 Å². The fraction of sp³-hybridized carbons (Fsp3) is 0.267. The van der Waals surface area contributed by atoms with E-state index in [1.54, 1.807) is 7.05 Å². The number of hydrogen-bond donors (Lipinski definition) is 1. The Morgan fingerprint density at radius 3 is 2.70 bits per heavy atom. The largest absolute Gasteiger partial charge is 0.371 e. The Labute approximate surface area is 120 Å². The zero-order valence-corrected chi connectivity index (χ0v) is 11.9. The van der Waals surface area contributed by atoms with Crippen LogP contribution in [0.25, 0.3) is 0 Å². The van der Waals surface area contributed by atoms with Crippen molar-refractivity contribution in [3.8, 4) is 0 Å². The quantitative estimate of drug-likeness (QED) is 0.924. The number of aryl methyl sites for hydroxylation is 2. The first-order valence-electron chi connectivity index (χ1n) is 6.51. The van der Waals surface area contributed by atoms with Crippen LogP contribution in [0.4, 0.5) is 14.6 Å². The van der Waals surface area contributed by atoms with Crippen molar-refractivity contribution in [3.05, 3.63) is 47.0 Å². The van der Waals surface area contributed by atoms with Gasteiger partial charge in [-0.05, 0) is 42.5 Å². The number of halogens is 2. The van der Waals surface area contributed by atoms with E-state index in [9.17, 15) is 8.78 Å². The normalized spacial score (nSPS) is 13.3. The molecule has 1 heterocycles. The lowest BCUT2D eigenvalue weighted by Gasteiger charge is -2.08. The molecule has 0 aliphatic heterocycles. The maximum absolute atomic E-state index is 13.8. The predicted octanol–water partition coefficient (Wildman–Crippen LogP) is 4.04. The van der Waals surface area contributed by atoms with E-state index in [0.29, 0.717) is 0 Å². The highest BCUT2D eigenvalue weighted by Gasteiger charge is 2.15. The zero-order chi connectivity index (χ0) is 14.1. The Bertz CT molecular complexity index is 659. The van der Waals surface area contributed by atoms with Crippen LogP contribution in [-0.2, 0) is 12.8 Å². The van der Waals surface area contributed by atoms with Gasteiger partial charge in [0.2, 0.25) is 0 Å². The molecule has 1 aromatic heterocycles. The topological polar surface area (TPSA) is 24.9 Å². The van der Waals surface area contributed by atoms with Crippen LogP contribution in [0.3, 0.4) is 0 Å². The van der Waals surface area contributed by atoms with E-state index >= 15 is 0 Å². The summed E-state index contributed by atoms with van der Waals surface area (Å²) >= 11 is 1.23. The molecule has 2 nitrogen and oxygen atoms in total. The van der Waals surface area contributed by atoms with Crippen LogP contribution in [0.15, 0.2) is 34.2 Å². The van der Waals surface area contributed by atoms with Gasteiger partial charge in [0, 0.05) is 18.0 Å². The average Bonchev–Trinajstić information content (AvgIpc) is 2.89. The fourth-order valence-corrected chi connectivity index (χ4v) is 3.27. The molecular formula is C15H14F2N2S. The number of fused-ring (bicyclic) bond motifs is 1. The third-order valence-corrected chi connectivity index (χ3v) is 4.39. The Kier molecular flexibility index (Phi) is 3.61. The second-order valence-corrected chi connectivity index (χ2v) is 5.80. The minimum Gasteiger partial charge on any atom is -0.371 e. The molecule has 0 radical (unpaired) electrons. The number of aromatic nitrogens is 1. The van der Waals surface area contributed by atoms with Gasteiger partial charge in [-0.25, -0.2) is 13.8 Å². The summed E-state index contributed by atoms with van der Waals surface area (Å²) in [6.45, 7) is 0. The van der Waals surface area contributed by atoms with Crippen LogP contribution in [0.2, 0.25) is 0 Å². The highest BCUT2D eigenvalue weighted by molar-refractivity contribution is 7.99. The minimum absolute atomic E-state index is 0.0649. The van der Waals surface area contributed by atoms with Crippen molar-refractivity contribution in [2.45, 2.75) is 29.2 Å². The van der Waals surface area contributed by atoms with Crippen LogP contribution >= 0.6 is 11.8 Å². The van der Waals surface area contributed by atoms with Crippen molar-refractivity contribution in [1.82, 2.24) is 4.98 Å². The first-order valence-corrected chi connectivity index (χ1v) is 7.32. The standard InChI is InChI=1S/C15H14F2N2S/c1-18-14-12(16)8-13(17)15(19-14)20-11-6-5-9-3-2-4-10(9)7-11/h5-8H,2-4H2,1H3,(H,18,19).